The fourth-order valence-corrected chi connectivity index (χ4v) is 2.55. The van der Waals surface area contributed by atoms with Crippen molar-refractivity contribution in [3.63, 3.8) is 0 Å². The van der Waals surface area contributed by atoms with Crippen molar-refractivity contribution >= 4 is 15.9 Å². The molecule has 1 fully saturated rings. The molecule has 0 N–H and O–H groups in total. The monoisotopic (exact) mass is 308 g/mol. The zero-order chi connectivity index (χ0) is 12.5. The number of alkyl halides is 3. The number of hydrogen-bond acceptors (Lipinski definition) is 1. The van der Waals surface area contributed by atoms with E-state index in [0.717, 1.165) is 24.5 Å². The second kappa shape index (κ2) is 4.98. The van der Waals surface area contributed by atoms with Crippen LogP contribution in [-0.4, -0.2) is 13.2 Å². The topological polar surface area (TPSA) is 9.23 Å². The SMILES string of the molecule is FC(F)(F)c1cc(Br)cc(C2CCOCC2)c1. The zero-order valence-corrected chi connectivity index (χ0v) is 10.6. The highest BCUT2D eigenvalue weighted by atomic mass is 79.9. The number of ether oxygens (including phenoxy) is 1. The van der Waals surface area contributed by atoms with Crippen LogP contribution in [0.2, 0.25) is 0 Å². The number of rotatable bonds is 1. The second-order valence-electron chi connectivity index (χ2n) is 4.16. The van der Waals surface area contributed by atoms with Crippen LogP contribution in [-0.2, 0) is 10.9 Å². The van der Waals surface area contributed by atoms with Gasteiger partial charge in [-0.15, -0.1) is 0 Å². The van der Waals surface area contributed by atoms with Gasteiger partial charge in [0, 0.05) is 17.7 Å². The molecule has 1 nitrogen and oxygen atoms in total. The van der Waals surface area contributed by atoms with Gasteiger partial charge in [-0.1, -0.05) is 15.9 Å². The minimum Gasteiger partial charge on any atom is -0.381 e. The van der Waals surface area contributed by atoms with Crippen molar-refractivity contribution in [1.29, 1.82) is 0 Å². The lowest BCUT2D eigenvalue weighted by molar-refractivity contribution is -0.137. The largest absolute Gasteiger partial charge is 0.416 e. The molecule has 94 valence electrons. The van der Waals surface area contributed by atoms with E-state index in [1.54, 1.807) is 6.07 Å². The molecule has 0 aliphatic carbocycles. The molecule has 0 radical (unpaired) electrons. The molecular weight excluding hydrogens is 297 g/mol. The van der Waals surface area contributed by atoms with Crippen molar-refractivity contribution in [2.24, 2.45) is 0 Å². The lowest BCUT2D eigenvalue weighted by Crippen LogP contribution is -2.15. The van der Waals surface area contributed by atoms with Gasteiger partial charge in [0.1, 0.15) is 0 Å². The first kappa shape index (κ1) is 12.9. The van der Waals surface area contributed by atoms with Crippen molar-refractivity contribution in [3.05, 3.63) is 33.8 Å². The summed E-state index contributed by atoms with van der Waals surface area (Å²) in [7, 11) is 0. The lowest BCUT2D eigenvalue weighted by Gasteiger charge is -2.23. The van der Waals surface area contributed by atoms with Crippen LogP contribution in [0.3, 0.4) is 0 Å². The van der Waals surface area contributed by atoms with Gasteiger partial charge < -0.3 is 4.74 Å². The molecule has 2 rings (SSSR count). The minimum absolute atomic E-state index is 0.169. The molecular formula is C12H12BrF3O. The van der Waals surface area contributed by atoms with Crippen molar-refractivity contribution in [2.75, 3.05) is 13.2 Å². The van der Waals surface area contributed by atoms with Crippen LogP contribution >= 0.6 is 15.9 Å². The summed E-state index contributed by atoms with van der Waals surface area (Å²) in [6, 6.07) is 4.13. The average Bonchev–Trinajstić information content (AvgIpc) is 2.28. The molecule has 1 aromatic carbocycles. The summed E-state index contributed by atoms with van der Waals surface area (Å²) in [5.74, 6) is 0.169. The Balaban J connectivity index is 2.31. The summed E-state index contributed by atoms with van der Waals surface area (Å²) < 4.78 is 43.7. The fraction of sp³-hybridized carbons (Fsp3) is 0.500. The minimum atomic E-state index is -4.29. The molecule has 5 heteroatoms. The maximum Gasteiger partial charge on any atom is 0.416 e. The van der Waals surface area contributed by atoms with Crippen molar-refractivity contribution in [2.45, 2.75) is 24.9 Å². The summed E-state index contributed by atoms with van der Waals surface area (Å²) in [6.07, 6.45) is -2.72. The van der Waals surface area contributed by atoms with Gasteiger partial charge in [0.2, 0.25) is 0 Å². The highest BCUT2D eigenvalue weighted by Gasteiger charge is 2.31. The summed E-state index contributed by atoms with van der Waals surface area (Å²) >= 11 is 3.14. The first-order chi connectivity index (χ1) is 7.97. The third-order valence-electron chi connectivity index (χ3n) is 2.94. The number of hydrogen-bond donors (Lipinski definition) is 0. The Bertz CT molecular complexity index is 397. The fourth-order valence-electron chi connectivity index (χ4n) is 2.04. The van der Waals surface area contributed by atoms with Gasteiger partial charge in [-0.2, -0.15) is 13.2 Å². The Morgan fingerprint density at radius 3 is 2.35 bits per heavy atom. The molecule has 0 amide bonds. The van der Waals surface area contributed by atoms with Crippen LogP contribution in [0, 0.1) is 0 Å². The maximum absolute atomic E-state index is 12.7. The smallest absolute Gasteiger partial charge is 0.381 e. The van der Waals surface area contributed by atoms with E-state index in [0.29, 0.717) is 17.7 Å². The van der Waals surface area contributed by atoms with Gasteiger partial charge in [-0.05, 0) is 42.5 Å². The van der Waals surface area contributed by atoms with Crippen LogP contribution < -0.4 is 0 Å². The summed E-state index contributed by atoms with van der Waals surface area (Å²) in [5.41, 5.74) is 0.156. The molecule has 17 heavy (non-hydrogen) atoms. The predicted octanol–water partition coefficient (Wildman–Crippen LogP) is 4.36. The third kappa shape index (κ3) is 3.22. The first-order valence-electron chi connectivity index (χ1n) is 5.42. The van der Waals surface area contributed by atoms with Gasteiger partial charge in [0.15, 0.2) is 0 Å². The molecule has 0 saturated carbocycles. The van der Waals surface area contributed by atoms with Crippen LogP contribution in [0.25, 0.3) is 0 Å². The third-order valence-corrected chi connectivity index (χ3v) is 3.40. The molecule has 0 aromatic heterocycles. The Kier molecular flexibility index (Phi) is 3.78. The van der Waals surface area contributed by atoms with Gasteiger partial charge in [-0.25, -0.2) is 0 Å². The van der Waals surface area contributed by atoms with E-state index < -0.39 is 11.7 Å². The number of benzene rings is 1. The Morgan fingerprint density at radius 1 is 1.12 bits per heavy atom. The van der Waals surface area contributed by atoms with Gasteiger partial charge in [-0.3, -0.25) is 0 Å². The van der Waals surface area contributed by atoms with Crippen LogP contribution in [0.5, 0.6) is 0 Å². The second-order valence-corrected chi connectivity index (χ2v) is 5.07. The molecule has 1 aliphatic rings. The van der Waals surface area contributed by atoms with E-state index in [2.05, 4.69) is 15.9 Å². The van der Waals surface area contributed by atoms with E-state index in [4.69, 9.17) is 4.74 Å². The van der Waals surface area contributed by atoms with Crippen molar-refractivity contribution in [1.82, 2.24) is 0 Å². The molecule has 0 bridgehead atoms. The molecule has 0 spiro atoms. The van der Waals surface area contributed by atoms with Crippen LogP contribution in [0.1, 0.15) is 29.9 Å². The Hall–Kier alpha value is -0.550. The van der Waals surface area contributed by atoms with E-state index >= 15 is 0 Å². The van der Waals surface area contributed by atoms with E-state index in [1.807, 2.05) is 0 Å². The highest BCUT2D eigenvalue weighted by Crippen LogP contribution is 2.36. The van der Waals surface area contributed by atoms with Gasteiger partial charge in [0.25, 0.3) is 0 Å². The Morgan fingerprint density at radius 2 is 1.76 bits per heavy atom. The summed E-state index contributed by atoms with van der Waals surface area (Å²) in [5, 5.41) is 0. The number of halogens is 4. The quantitative estimate of drug-likeness (QED) is 0.749. The predicted molar refractivity (Wildman–Crippen MR) is 61.9 cm³/mol. The van der Waals surface area contributed by atoms with Gasteiger partial charge >= 0.3 is 6.18 Å². The molecule has 1 saturated heterocycles. The van der Waals surface area contributed by atoms with Crippen LogP contribution in [0.4, 0.5) is 13.2 Å². The highest BCUT2D eigenvalue weighted by molar-refractivity contribution is 9.10. The average molecular weight is 309 g/mol. The molecule has 1 heterocycles. The summed E-state index contributed by atoms with van der Waals surface area (Å²) in [4.78, 5) is 0. The molecule has 1 aromatic rings. The van der Waals surface area contributed by atoms with E-state index in [9.17, 15) is 13.2 Å². The molecule has 0 atom stereocenters. The standard InChI is InChI=1S/C12H12BrF3O/c13-11-6-9(8-1-3-17-4-2-8)5-10(7-11)12(14,15)16/h5-8H,1-4H2. The Labute approximate surface area is 106 Å². The van der Waals surface area contributed by atoms with Crippen molar-refractivity contribution in [3.8, 4) is 0 Å². The normalized spacial score (nSPS) is 18.4. The van der Waals surface area contributed by atoms with E-state index in [-0.39, 0.29) is 5.92 Å². The molecule has 1 aliphatic heterocycles. The molecule has 0 unspecified atom stereocenters. The maximum atomic E-state index is 12.7. The first-order valence-corrected chi connectivity index (χ1v) is 6.21. The van der Waals surface area contributed by atoms with E-state index in [1.165, 1.54) is 6.07 Å². The van der Waals surface area contributed by atoms with Crippen LogP contribution in [0.15, 0.2) is 22.7 Å². The zero-order valence-electron chi connectivity index (χ0n) is 9.06. The lowest BCUT2D eigenvalue weighted by atomic mass is 9.91. The van der Waals surface area contributed by atoms with Crippen molar-refractivity contribution < 1.29 is 17.9 Å². The van der Waals surface area contributed by atoms with Gasteiger partial charge in [0.05, 0.1) is 5.56 Å². The summed E-state index contributed by atoms with van der Waals surface area (Å²) in [6.45, 7) is 1.25.